The van der Waals surface area contributed by atoms with Crippen molar-refractivity contribution in [3.8, 4) is 0 Å². The van der Waals surface area contributed by atoms with Crippen molar-refractivity contribution in [3.05, 3.63) is 29.8 Å². The standard InChI is InChI=1S/C11H17NOSi/c1-14(2,3)10-6-4-5-9(7-10)8-11(12)13/h4-7H,8H2,1-3H3,(H2,12,13). The molecule has 0 heterocycles. The molecule has 76 valence electrons. The summed E-state index contributed by atoms with van der Waals surface area (Å²) in [6.07, 6.45) is 0.346. The highest BCUT2D eigenvalue weighted by Crippen LogP contribution is 2.05. The maximum Gasteiger partial charge on any atom is 0.221 e. The molecule has 0 aromatic heterocycles. The minimum atomic E-state index is -1.27. The molecule has 14 heavy (non-hydrogen) atoms. The smallest absolute Gasteiger partial charge is 0.221 e. The molecule has 0 saturated heterocycles. The van der Waals surface area contributed by atoms with Crippen LogP contribution in [0.1, 0.15) is 5.56 Å². The van der Waals surface area contributed by atoms with Gasteiger partial charge in [-0.15, -0.1) is 0 Å². The topological polar surface area (TPSA) is 43.1 Å². The lowest BCUT2D eigenvalue weighted by atomic mass is 10.1. The Hall–Kier alpha value is -1.09. The van der Waals surface area contributed by atoms with E-state index in [-0.39, 0.29) is 5.91 Å². The van der Waals surface area contributed by atoms with Crippen LogP contribution in [0.5, 0.6) is 0 Å². The molecular weight excluding hydrogens is 190 g/mol. The van der Waals surface area contributed by atoms with Crippen molar-refractivity contribution in [3.63, 3.8) is 0 Å². The fraction of sp³-hybridized carbons (Fsp3) is 0.364. The van der Waals surface area contributed by atoms with Gasteiger partial charge in [-0.25, -0.2) is 0 Å². The van der Waals surface area contributed by atoms with E-state index >= 15 is 0 Å². The Morgan fingerprint density at radius 1 is 1.36 bits per heavy atom. The van der Waals surface area contributed by atoms with Gasteiger partial charge in [-0.3, -0.25) is 4.79 Å². The largest absolute Gasteiger partial charge is 0.369 e. The number of carbonyl (C=O) groups is 1. The van der Waals surface area contributed by atoms with E-state index in [2.05, 4.69) is 31.8 Å². The predicted octanol–water partition coefficient (Wildman–Crippen LogP) is 1.26. The molecule has 0 aliphatic carbocycles. The zero-order valence-electron chi connectivity index (χ0n) is 9.00. The Bertz CT molecular complexity index is 341. The summed E-state index contributed by atoms with van der Waals surface area (Å²) in [5.41, 5.74) is 6.18. The second kappa shape index (κ2) is 3.96. The number of hydrogen-bond acceptors (Lipinski definition) is 1. The van der Waals surface area contributed by atoms with Crippen LogP contribution >= 0.6 is 0 Å². The van der Waals surface area contributed by atoms with Crippen LogP contribution in [0.2, 0.25) is 19.6 Å². The molecule has 1 aromatic carbocycles. The molecule has 1 rings (SSSR count). The SMILES string of the molecule is C[Si](C)(C)c1cccc(CC(N)=O)c1. The summed E-state index contributed by atoms with van der Waals surface area (Å²) in [5.74, 6) is -0.266. The summed E-state index contributed by atoms with van der Waals surface area (Å²) in [6, 6.07) is 8.20. The fourth-order valence-electron chi connectivity index (χ4n) is 1.35. The van der Waals surface area contributed by atoms with Crippen LogP contribution in [-0.2, 0) is 11.2 Å². The van der Waals surface area contributed by atoms with E-state index in [1.165, 1.54) is 5.19 Å². The van der Waals surface area contributed by atoms with Gasteiger partial charge in [0.25, 0.3) is 0 Å². The van der Waals surface area contributed by atoms with Crippen molar-refractivity contribution in [1.29, 1.82) is 0 Å². The predicted molar refractivity (Wildman–Crippen MR) is 62.3 cm³/mol. The first-order valence-corrected chi connectivity index (χ1v) is 8.27. The van der Waals surface area contributed by atoms with Gasteiger partial charge in [0.1, 0.15) is 0 Å². The van der Waals surface area contributed by atoms with Gasteiger partial charge in [0.05, 0.1) is 14.5 Å². The number of nitrogens with two attached hydrogens (primary N) is 1. The molecule has 0 aliphatic rings. The van der Waals surface area contributed by atoms with Crippen LogP contribution < -0.4 is 10.9 Å². The third kappa shape index (κ3) is 2.99. The van der Waals surface area contributed by atoms with Gasteiger partial charge in [0.2, 0.25) is 5.91 Å². The fourth-order valence-corrected chi connectivity index (χ4v) is 2.56. The molecule has 0 aliphatic heterocycles. The Morgan fingerprint density at radius 2 is 2.00 bits per heavy atom. The molecular formula is C11H17NOSi. The normalized spacial score (nSPS) is 11.4. The number of benzene rings is 1. The van der Waals surface area contributed by atoms with Gasteiger partial charge >= 0.3 is 0 Å². The van der Waals surface area contributed by atoms with Gasteiger partial charge < -0.3 is 5.73 Å². The first kappa shape index (κ1) is 11.0. The first-order chi connectivity index (χ1) is 6.39. The molecule has 2 N–H and O–H groups in total. The molecule has 1 aromatic rings. The van der Waals surface area contributed by atoms with Gasteiger partial charge in [-0.2, -0.15) is 0 Å². The maximum atomic E-state index is 10.8. The minimum absolute atomic E-state index is 0.266. The average Bonchev–Trinajstić information content (AvgIpc) is 2.01. The molecule has 3 heteroatoms. The highest BCUT2D eigenvalue weighted by Gasteiger charge is 2.16. The molecule has 1 amide bonds. The first-order valence-electron chi connectivity index (χ1n) is 4.77. The Labute approximate surface area is 86.1 Å². The number of primary amides is 1. The summed E-state index contributed by atoms with van der Waals surface area (Å²) in [6.45, 7) is 6.86. The highest BCUT2D eigenvalue weighted by molar-refractivity contribution is 6.88. The summed E-state index contributed by atoms with van der Waals surface area (Å²) >= 11 is 0. The van der Waals surface area contributed by atoms with Crippen LogP contribution in [-0.4, -0.2) is 14.0 Å². The highest BCUT2D eigenvalue weighted by atomic mass is 28.3. The molecule has 0 atom stereocenters. The van der Waals surface area contributed by atoms with E-state index in [1.807, 2.05) is 12.1 Å². The summed E-state index contributed by atoms with van der Waals surface area (Å²) in [5, 5.41) is 1.37. The van der Waals surface area contributed by atoms with Crippen LogP contribution in [0.4, 0.5) is 0 Å². The van der Waals surface area contributed by atoms with E-state index in [0.29, 0.717) is 6.42 Å². The van der Waals surface area contributed by atoms with Crippen molar-refractivity contribution in [2.24, 2.45) is 5.73 Å². The van der Waals surface area contributed by atoms with E-state index in [1.54, 1.807) is 0 Å². The summed E-state index contributed by atoms with van der Waals surface area (Å²) in [4.78, 5) is 10.8. The molecule has 0 radical (unpaired) electrons. The van der Waals surface area contributed by atoms with Gasteiger partial charge in [-0.1, -0.05) is 49.1 Å². The average molecular weight is 207 g/mol. The summed E-state index contributed by atoms with van der Waals surface area (Å²) < 4.78 is 0. The third-order valence-corrected chi connectivity index (χ3v) is 4.21. The van der Waals surface area contributed by atoms with Gasteiger partial charge in [0.15, 0.2) is 0 Å². The van der Waals surface area contributed by atoms with E-state index in [0.717, 1.165) is 5.56 Å². The number of rotatable bonds is 3. The summed E-state index contributed by atoms with van der Waals surface area (Å²) in [7, 11) is -1.27. The Kier molecular flexibility index (Phi) is 3.11. The van der Waals surface area contributed by atoms with Gasteiger partial charge in [-0.05, 0) is 5.56 Å². The minimum Gasteiger partial charge on any atom is -0.369 e. The Balaban J connectivity index is 2.95. The molecule has 0 bridgehead atoms. The second-order valence-electron chi connectivity index (χ2n) is 4.59. The van der Waals surface area contributed by atoms with E-state index in [9.17, 15) is 4.79 Å². The third-order valence-electron chi connectivity index (χ3n) is 2.17. The second-order valence-corrected chi connectivity index (χ2v) is 9.67. The maximum absolute atomic E-state index is 10.8. The van der Waals surface area contributed by atoms with Crippen LogP contribution in [0.25, 0.3) is 0 Å². The molecule has 0 fully saturated rings. The lowest BCUT2D eigenvalue weighted by Crippen LogP contribution is -2.37. The van der Waals surface area contributed by atoms with Crippen molar-refractivity contribution in [2.45, 2.75) is 26.1 Å². The molecule has 2 nitrogen and oxygen atoms in total. The van der Waals surface area contributed by atoms with Crippen LogP contribution in [0.3, 0.4) is 0 Å². The van der Waals surface area contributed by atoms with Crippen LogP contribution in [0.15, 0.2) is 24.3 Å². The molecule has 0 unspecified atom stereocenters. The quantitative estimate of drug-likeness (QED) is 0.745. The zero-order valence-corrected chi connectivity index (χ0v) is 10.0. The van der Waals surface area contributed by atoms with Crippen molar-refractivity contribution >= 4 is 19.2 Å². The van der Waals surface area contributed by atoms with Crippen molar-refractivity contribution in [2.75, 3.05) is 0 Å². The number of hydrogen-bond donors (Lipinski definition) is 1. The van der Waals surface area contributed by atoms with Crippen molar-refractivity contribution in [1.82, 2.24) is 0 Å². The van der Waals surface area contributed by atoms with Crippen molar-refractivity contribution < 1.29 is 4.79 Å². The van der Waals surface area contributed by atoms with E-state index < -0.39 is 8.07 Å². The number of amides is 1. The van der Waals surface area contributed by atoms with Crippen LogP contribution in [0, 0.1) is 0 Å². The monoisotopic (exact) mass is 207 g/mol. The van der Waals surface area contributed by atoms with Gasteiger partial charge in [0, 0.05) is 0 Å². The molecule has 0 saturated carbocycles. The molecule has 0 spiro atoms. The van der Waals surface area contributed by atoms with E-state index in [4.69, 9.17) is 5.73 Å². The number of carbonyl (C=O) groups excluding carboxylic acids is 1. The lowest BCUT2D eigenvalue weighted by molar-refractivity contribution is -0.117. The lowest BCUT2D eigenvalue weighted by Gasteiger charge is -2.17. The zero-order chi connectivity index (χ0) is 10.8. The Morgan fingerprint density at radius 3 is 2.50 bits per heavy atom.